The van der Waals surface area contributed by atoms with E-state index in [0.717, 1.165) is 6.54 Å². The number of nitrogens with one attached hydrogen (secondary N) is 1. The molecule has 0 saturated carbocycles. The van der Waals surface area contributed by atoms with Gasteiger partial charge in [-0.25, -0.2) is 0 Å². The van der Waals surface area contributed by atoms with Crippen molar-refractivity contribution in [2.45, 2.75) is 45.6 Å². The van der Waals surface area contributed by atoms with E-state index in [2.05, 4.69) is 42.9 Å². The number of rotatable bonds is 2. The second-order valence-corrected chi connectivity index (χ2v) is 4.81. The van der Waals surface area contributed by atoms with Crippen molar-refractivity contribution in [3.8, 4) is 0 Å². The maximum atomic E-state index is 4.55. The SMILES string of the molecule is Cc1nn(C)c(C2CCCN2)c1C(C)C. The first-order valence-corrected chi connectivity index (χ1v) is 5.88. The Bertz CT molecular complexity index is 346. The molecule has 1 fully saturated rings. The second-order valence-electron chi connectivity index (χ2n) is 4.81. The van der Waals surface area contributed by atoms with Crippen molar-refractivity contribution in [3.05, 3.63) is 17.0 Å². The van der Waals surface area contributed by atoms with Crippen molar-refractivity contribution in [1.29, 1.82) is 0 Å². The van der Waals surface area contributed by atoms with E-state index in [-0.39, 0.29) is 0 Å². The lowest BCUT2D eigenvalue weighted by Crippen LogP contribution is -2.18. The Morgan fingerprint density at radius 3 is 2.73 bits per heavy atom. The summed E-state index contributed by atoms with van der Waals surface area (Å²) in [5.74, 6) is 0.566. The van der Waals surface area contributed by atoms with Crippen molar-refractivity contribution in [3.63, 3.8) is 0 Å². The van der Waals surface area contributed by atoms with Gasteiger partial charge in [0.15, 0.2) is 0 Å². The van der Waals surface area contributed by atoms with Crippen LogP contribution in [0.1, 0.15) is 55.6 Å². The number of aromatic nitrogens is 2. The largest absolute Gasteiger partial charge is 0.309 e. The normalized spacial score (nSPS) is 21.5. The van der Waals surface area contributed by atoms with Crippen LogP contribution < -0.4 is 5.32 Å². The minimum atomic E-state index is 0.522. The third-order valence-electron chi connectivity index (χ3n) is 3.28. The van der Waals surface area contributed by atoms with E-state index in [9.17, 15) is 0 Å². The van der Waals surface area contributed by atoms with Crippen LogP contribution >= 0.6 is 0 Å². The Morgan fingerprint density at radius 2 is 2.20 bits per heavy atom. The summed E-state index contributed by atoms with van der Waals surface area (Å²) in [6.45, 7) is 7.77. The minimum Gasteiger partial charge on any atom is -0.309 e. The quantitative estimate of drug-likeness (QED) is 0.806. The highest BCUT2D eigenvalue weighted by atomic mass is 15.3. The summed E-state index contributed by atoms with van der Waals surface area (Å²) in [6, 6.07) is 0.522. The predicted molar refractivity (Wildman–Crippen MR) is 62.0 cm³/mol. The second kappa shape index (κ2) is 3.97. The molecule has 2 rings (SSSR count). The molecule has 1 aliphatic heterocycles. The number of hydrogen-bond donors (Lipinski definition) is 1. The van der Waals surface area contributed by atoms with E-state index in [1.54, 1.807) is 0 Å². The van der Waals surface area contributed by atoms with Gasteiger partial charge in [-0.15, -0.1) is 0 Å². The summed E-state index contributed by atoms with van der Waals surface area (Å²) in [7, 11) is 2.06. The average Bonchev–Trinajstić information content (AvgIpc) is 2.71. The predicted octanol–water partition coefficient (Wildman–Crippen LogP) is 2.28. The zero-order valence-electron chi connectivity index (χ0n) is 10.2. The molecule has 1 aliphatic rings. The van der Waals surface area contributed by atoms with E-state index < -0.39 is 0 Å². The van der Waals surface area contributed by atoms with Gasteiger partial charge in [-0.2, -0.15) is 5.10 Å². The van der Waals surface area contributed by atoms with E-state index in [1.165, 1.54) is 29.8 Å². The molecule has 0 spiro atoms. The molecular formula is C12H21N3. The zero-order chi connectivity index (χ0) is 11.0. The topological polar surface area (TPSA) is 29.9 Å². The molecule has 0 aliphatic carbocycles. The van der Waals surface area contributed by atoms with Gasteiger partial charge in [0, 0.05) is 18.7 Å². The van der Waals surface area contributed by atoms with Crippen molar-refractivity contribution in [1.82, 2.24) is 15.1 Å². The number of hydrogen-bond acceptors (Lipinski definition) is 2. The number of aryl methyl sites for hydroxylation is 2. The molecule has 0 amide bonds. The van der Waals surface area contributed by atoms with Crippen molar-refractivity contribution in [2.75, 3.05) is 6.54 Å². The first kappa shape index (κ1) is 10.7. The van der Waals surface area contributed by atoms with Crippen molar-refractivity contribution >= 4 is 0 Å². The van der Waals surface area contributed by atoms with Crippen molar-refractivity contribution in [2.24, 2.45) is 7.05 Å². The molecule has 0 bridgehead atoms. The van der Waals surface area contributed by atoms with Gasteiger partial charge in [0.05, 0.1) is 11.4 Å². The van der Waals surface area contributed by atoms with Gasteiger partial charge in [0.1, 0.15) is 0 Å². The fourth-order valence-corrected chi connectivity index (χ4v) is 2.74. The first-order valence-electron chi connectivity index (χ1n) is 5.88. The van der Waals surface area contributed by atoms with Crippen LogP contribution in [0, 0.1) is 6.92 Å². The maximum absolute atomic E-state index is 4.55. The molecule has 15 heavy (non-hydrogen) atoms. The highest BCUT2D eigenvalue weighted by Crippen LogP contribution is 2.31. The van der Waals surface area contributed by atoms with Gasteiger partial charge in [0.25, 0.3) is 0 Å². The minimum absolute atomic E-state index is 0.522. The van der Waals surface area contributed by atoms with Crippen LogP contribution in [-0.2, 0) is 7.05 Å². The molecule has 1 saturated heterocycles. The van der Waals surface area contributed by atoms with Crippen LogP contribution in [0.15, 0.2) is 0 Å². The van der Waals surface area contributed by atoms with Crippen LogP contribution in [0.25, 0.3) is 0 Å². The van der Waals surface area contributed by atoms with E-state index >= 15 is 0 Å². The molecule has 3 nitrogen and oxygen atoms in total. The lowest BCUT2D eigenvalue weighted by molar-refractivity contribution is 0.565. The molecule has 1 aromatic rings. The highest BCUT2D eigenvalue weighted by Gasteiger charge is 2.25. The Morgan fingerprint density at radius 1 is 1.47 bits per heavy atom. The van der Waals surface area contributed by atoms with Gasteiger partial charge in [-0.05, 0) is 32.2 Å². The summed E-state index contributed by atoms with van der Waals surface area (Å²) in [4.78, 5) is 0. The van der Waals surface area contributed by atoms with E-state index in [0.29, 0.717) is 12.0 Å². The molecule has 3 heteroatoms. The third kappa shape index (κ3) is 1.81. The van der Waals surface area contributed by atoms with Crippen LogP contribution in [0.4, 0.5) is 0 Å². The summed E-state index contributed by atoms with van der Waals surface area (Å²) in [5, 5.41) is 8.12. The Hall–Kier alpha value is -0.830. The molecule has 1 N–H and O–H groups in total. The molecule has 2 heterocycles. The maximum Gasteiger partial charge on any atom is 0.0631 e. The lowest BCUT2D eigenvalue weighted by Gasteiger charge is -2.15. The number of nitrogens with zero attached hydrogens (tertiary/aromatic N) is 2. The van der Waals surface area contributed by atoms with Gasteiger partial charge in [-0.1, -0.05) is 13.8 Å². The Labute approximate surface area is 91.9 Å². The molecule has 1 aromatic heterocycles. The van der Waals surface area contributed by atoms with Gasteiger partial charge in [-0.3, -0.25) is 4.68 Å². The highest BCUT2D eigenvalue weighted by molar-refractivity contribution is 5.31. The van der Waals surface area contributed by atoms with Gasteiger partial charge in [0.2, 0.25) is 0 Å². The third-order valence-corrected chi connectivity index (χ3v) is 3.28. The Kier molecular flexibility index (Phi) is 2.83. The van der Waals surface area contributed by atoms with E-state index in [4.69, 9.17) is 0 Å². The van der Waals surface area contributed by atoms with Crippen molar-refractivity contribution < 1.29 is 0 Å². The molecular weight excluding hydrogens is 186 g/mol. The van der Waals surface area contributed by atoms with Crippen LogP contribution in [0.2, 0.25) is 0 Å². The average molecular weight is 207 g/mol. The summed E-state index contributed by atoms with van der Waals surface area (Å²) in [6.07, 6.45) is 2.53. The molecule has 0 aromatic carbocycles. The molecule has 1 unspecified atom stereocenters. The zero-order valence-corrected chi connectivity index (χ0v) is 10.2. The van der Waals surface area contributed by atoms with Crippen LogP contribution in [-0.4, -0.2) is 16.3 Å². The first-order chi connectivity index (χ1) is 7.11. The molecule has 84 valence electrons. The Balaban J connectivity index is 2.43. The lowest BCUT2D eigenvalue weighted by atomic mass is 9.96. The van der Waals surface area contributed by atoms with Crippen LogP contribution in [0.5, 0.6) is 0 Å². The van der Waals surface area contributed by atoms with Gasteiger partial charge < -0.3 is 5.32 Å². The fourth-order valence-electron chi connectivity index (χ4n) is 2.74. The standard InChI is InChI=1S/C12H21N3/c1-8(2)11-9(3)14-15(4)12(11)10-6-5-7-13-10/h8,10,13H,5-7H2,1-4H3. The molecule has 1 atom stereocenters. The molecule has 0 radical (unpaired) electrons. The van der Waals surface area contributed by atoms with E-state index in [1.807, 2.05) is 0 Å². The summed E-state index contributed by atoms with van der Waals surface area (Å²) in [5.41, 5.74) is 4.04. The smallest absolute Gasteiger partial charge is 0.0631 e. The van der Waals surface area contributed by atoms with Gasteiger partial charge >= 0.3 is 0 Å². The fraction of sp³-hybridized carbons (Fsp3) is 0.750. The summed E-state index contributed by atoms with van der Waals surface area (Å²) >= 11 is 0. The monoisotopic (exact) mass is 207 g/mol. The summed E-state index contributed by atoms with van der Waals surface area (Å²) < 4.78 is 2.06. The van der Waals surface area contributed by atoms with Crippen LogP contribution in [0.3, 0.4) is 0 Å².